The Morgan fingerprint density at radius 1 is 1.12 bits per heavy atom. The van der Waals surface area contributed by atoms with Crippen molar-refractivity contribution < 1.29 is 40.6 Å². The third-order valence-electron chi connectivity index (χ3n) is 0.940. The third-order valence-corrected chi connectivity index (χ3v) is 1.71. The van der Waals surface area contributed by atoms with Gasteiger partial charge in [0.05, 0.1) is 0 Å². The van der Waals surface area contributed by atoms with Gasteiger partial charge in [0.1, 0.15) is 0 Å². The van der Waals surface area contributed by atoms with Gasteiger partial charge in [-0.15, -0.1) is 0 Å². The number of rotatable bonds is 0. The summed E-state index contributed by atoms with van der Waals surface area (Å²) in [6.07, 6.45) is 8.67. The van der Waals surface area contributed by atoms with Crippen LogP contribution in [0.25, 0.3) is 0 Å². The van der Waals surface area contributed by atoms with Crippen LogP contribution in [-0.2, 0) is 0 Å². The molecule has 0 bridgehead atoms. The van der Waals surface area contributed by atoms with Gasteiger partial charge in [-0.2, -0.15) is 0 Å². The van der Waals surface area contributed by atoms with Crippen LogP contribution in [0, 0.1) is 0 Å². The maximum Gasteiger partial charge on any atom is 1.00 e. The van der Waals surface area contributed by atoms with Crippen LogP contribution in [0.15, 0.2) is 24.3 Å². The molecule has 1 aliphatic carbocycles. The quantitative estimate of drug-likeness (QED) is 0.274. The van der Waals surface area contributed by atoms with Crippen molar-refractivity contribution in [2.24, 2.45) is 0 Å². The van der Waals surface area contributed by atoms with Crippen LogP contribution in [0.2, 0.25) is 5.54 Å². The zero-order valence-corrected chi connectivity index (χ0v) is 7.89. The van der Waals surface area contributed by atoms with E-state index < -0.39 is 0 Å². The molecule has 0 spiro atoms. The molecule has 0 nitrogen and oxygen atoms in total. The van der Waals surface area contributed by atoms with E-state index in [0.29, 0.717) is 0 Å². The van der Waals surface area contributed by atoms with Gasteiger partial charge in [-0.1, -0.05) is 24.3 Å². The predicted molar refractivity (Wildman–Crippen MR) is 34.2 cm³/mol. The Kier molecular flexibility index (Phi) is 8.77. The first kappa shape index (κ1) is 11.7. The number of hydrogen-bond donors (Lipinski definition) is 0. The summed E-state index contributed by atoms with van der Waals surface area (Å²) < 4.78 is 0. The molecule has 36 valence electrons. The molecule has 3 heteroatoms. The van der Waals surface area contributed by atoms with Crippen molar-refractivity contribution in [1.82, 2.24) is 0 Å². The first-order valence-corrected chi connectivity index (χ1v) is 3.40. The number of hydrogen-bond acceptors (Lipinski definition) is 0. The Hall–Kier alpha value is 0.892. The summed E-state index contributed by atoms with van der Waals surface area (Å²) in [5.74, 6) is 0. The summed E-state index contributed by atoms with van der Waals surface area (Å²) in [7, 11) is 1.28. The number of allylic oxidation sites excluding steroid dienone is 4. The van der Waals surface area contributed by atoms with Gasteiger partial charge in [0, 0.05) is 10.2 Å². The van der Waals surface area contributed by atoms with Gasteiger partial charge in [0.15, 0.2) is 0 Å². The average Bonchev–Trinajstić information content (AvgIpc) is 1.86. The molecule has 0 atom stereocenters. The molecule has 0 aromatic carbocycles. The third kappa shape index (κ3) is 3.84. The minimum absolute atomic E-state index is 0. The van der Waals surface area contributed by atoms with E-state index in [9.17, 15) is 0 Å². The van der Waals surface area contributed by atoms with E-state index in [1.807, 2.05) is 0 Å². The van der Waals surface area contributed by atoms with Crippen molar-refractivity contribution in [3.63, 3.8) is 0 Å². The van der Waals surface area contributed by atoms with E-state index in [2.05, 4.69) is 24.3 Å². The van der Waals surface area contributed by atoms with Crippen molar-refractivity contribution in [2.75, 3.05) is 0 Å². The summed E-state index contributed by atoms with van der Waals surface area (Å²) >= 11 is 0. The molecular weight excluding hydrogens is 102 g/mol. The van der Waals surface area contributed by atoms with Crippen molar-refractivity contribution in [2.45, 2.75) is 5.54 Å². The van der Waals surface area contributed by atoms with Gasteiger partial charge in [0.25, 0.3) is 0 Å². The van der Waals surface area contributed by atoms with Crippen molar-refractivity contribution in [1.29, 1.82) is 0 Å². The summed E-state index contributed by atoms with van der Waals surface area (Å²) in [6.45, 7) is 0. The van der Waals surface area contributed by atoms with E-state index in [-0.39, 0.29) is 40.6 Å². The summed E-state index contributed by atoms with van der Waals surface area (Å²) in [6, 6.07) is 0. The van der Waals surface area contributed by atoms with Crippen LogP contribution in [0.4, 0.5) is 0 Å². The van der Waals surface area contributed by atoms with Gasteiger partial charge >= 0.3 is 37.7 Å². The molecule has 0 heterocycles. The van der Waals surface area contributed by atoms with E-state index in [1.54, 1.807) is 0 Å². The van der Waals surface area contributed by atoms with Crippen LogP contribution in [0.5, 0.6) is 0 Å². The normalized spacial score (nSPS) is 15.5. The first-order chi connectivity index (χ1) is 2.89. The van der Waals surface area contributed by atoms with Gasteiger partial charge in [-0.05, 0) is 5.54 Å². The molecule has 0 saturated carbocycles. The second-order valence-corrected chi connectivity index (χ2v) is 2.96. The van der Waals surface area contributed by atoms with Crippen molar-refractivity contribution >= 4 is 10.2 Å². The molecule has 0 aromatic heterocycles. The zero-order valence-electron chi connectivity index (χ0n) is 7.89. The van der Waals surface area contributed by atoms with E-state index in [0.717, 1.165) is 5.54 Å². The van der Waals surface area contributed by atoms with Gasteiger partial charge in [-0.25, -0.2) is 0 Å². The van der Waals surface area contributed by atoms with Crippen LogP contribution in [0.1, 0.15) is 2.85 Å². The van der Waals surface area contributed by atoms with Gasteiger partial charge in [0.2, 0.25) is 0 Å². The van der Waals surface area contributed by atoms with E-state index >= 15 is 0 Å². The largest absolute Gasteiger partial charge is 1.00 e. The molecule has 0 fully saturated rings. The molecule has 0 unspecified atom stereocenters. The minimum atomic E-state index is 0. The maximum absolute atomic E-state index is 2.23. The Bertz CT molecular complexity index is 93.8. The Labute approximate surface area is 80.5 Å². The molecule has 1 aliphatic rings. The maximum atomic E-state index is 2.23. The Morgan fingerprint density at radius 2 is 1.50 bits per heavy atom. The SMILES string of the molecule is [H-].[H-].[Li+].[Li+].[SiH3]C1C=CC=C1. The Balaban J connectivity index is -0.0000000450. The summed E-state index contributed by atoms with van der Waals surface area (Å²) in [4.78, 5) is 0. The fraction of sp³-hybridized carbons (Fsp3) is 0.200. The molecule has 1 rings (SSSR count). The first-order valence-electron chi connectivity index (χ1n) is 2.24. The molecule has 0 N–H and O–H groups in total. The monoisotopic (exact) mass is 112 g/mol. The van der Waals surface area contributed by atoms with Crippen LogP contribution < -0.4 is 37.7 Å². The standard InChI is InChI=1S/C5H8Si.2Li.2H/c6-5-3-1-2-4-5;;;;/h1-5H,6H3;;;;/q;2*+1;2*-1. The van der Waals surface area contributed by atoms with E-state index in [4.69, 9.17) is 0 Å². The molecule has 0 radical (unpaired) electrons. The topological polar surface area (TPSA) is 0 Å². The van der Waals surface area contributed by atoms with Crippen molar-refractivity contribution in [3.8, 4) is 0 Å². The fourth-order valence-corrected chi connectivity index (χ4v) is 0.987. The van der Waals surface area contributed by atoms with E-state index in [1.165, 1.54) is 10.2 Å². The minimum Gasteiger partial charge on any atom is -1.00 e. The molecule has 0 aromatic rings. The summed E-state index contributed by atoms with van der Waals surface area (Å²) in [5, 5.41) is 0. The molecule has 0 saturated heterocycles. The molecule has 0 amide bonds. The van der Waals surface area contributed by atoms with Gasteiger partial charge in [-0.3, -0.25) is 0 Å². The van der Waals surface area contributed by atoms with Crippen LogP contribution >= 0.6 is 0 Å². The Morgan fingerprint density at radius 3 is 1.62 bits per heavy atom. The fourth-order valence-electron chi connectivity index (χ4n) is 0.543. The smallest absolute Gasteiger partial charge is 1.00 e. The van der Waals surface area contributed by atoms with Crippen molar-refractivity contribution in [3.05, 3.63) is 24.3 Å². The van der Waals surface area contributed by atoms with Crippen LogP contribution in [0.3, 0.4) is 0 Å². The van der Waals surface area contributed by atoms with Gasteiger partial charge < -0.3 is 2.85 Å². The molecule has 0 aliphatic heterocycles. The second-order valence-electron chi connectivity index (χ2n) is 1.63. The second kappa shape index (κ2) is 6.02. The average molecular weight is 112 g/mol. The molecule has 8 heavy (non-hydrogen) atoms. The molecular formula is C5H10Li2Si. The predicted octanol–water partition coefficient (Wildman–Crippen LogP) is -5.50. The zero-order chi connectivity index (χ0) is 4.41. The summed E-state index contributed by atoms with van der Waals surface area (Å²) in [5.41, 5.74) is 0.824. The van der Waals surface area contributed by atoms with Crippen LogP contribution in [-0.4, -0.2) is 10.2 Å².